The fourth-order valence-corrected chi connectivity index (χ4v) is 2.75. The number of aromatic nitrogens is 2. The molecule has 0 spiro atoms. The van der Waals surface area contributed by atoms with Gasteiger partial charge < -0.3 is 5.32 Å². The molecule has 1 atom stereocenters. The van der Waals surface area contributed by atoms with Gasteiger partial charge in [-0.05, 0) is 29.5 Å². The predicted octanol–water partition coefficient (Wildman–Crippen LogP) is 3.03. The molecule has 0 bridgehead atoms. The highest BCUT2D eigenvalue weighted by Crippen LogP contribution is 2.25. The van der Waals surface area contributed by atoms with E-state index >= 15 is 0 Å². The molecule has 0 amide bonds. The van der Waals surface area contributed by atoms with E-state index in [2.05, 4.69) is 46.9 Å². The van der Waals surface area contributed by atoms with Crippen LogP contribution in [0.25, 0.3) is 0 Å². The summed E-state index contributed by atoms with van der Waals surface area (Å²) >= 11 is 1.80. The van der Waals surface area contributed by atoms with Crippen LogP contribution >= 0.6 is 11.3 Å². The van der Waals surface area contributed by atoms with Crippen molar-refractivity contribution in [1.82, 2.24) is 15.5 Å². The highest BCUT2D eigenvalue weighted by molar-refractivity contribution is 7.10. The van der Waals surface area contributed by atoms with Crippen LogP contribution in [-0.2, 0) is 6.54 Å². The number of rotatable bonds is 5. The molecular formula is C13H17N3S. The van der Waals surface area contributed by atoms with Gasteiger partial charge in [0.25, 0.3) is 0 Å². The molecule has 1 N–H and O–H groups in total. The summed E-state index contributed by atoms with van der Waals surface area (Å²) in [5, 5.41) is 13.6. The van der Waals surface area contributed by atoms with Crippen molar-refractivity contribution in [2.45, 2.75) is 26.4 Å². The molecule has 0 saturated carbocycles. The predicted molar refractivity (Wildman–Crippen MR) is 70.8 cm³/mol. The van der Waals surface area contributed by atoms with Gasteiger partial charge in [0, 0.05) is 23.7 Å². The topological polar surface area (TPSA) is 37.8 Å². The van der Waals surface area contributed by atoms with E-state index in [4.69, 9.17) is 0 Å². The molecule has 0 aliphatic heterocycles. The first kappa shape index (κ1) is 12.2. The lowest BCUT2D eigenvalue weighted by Crippen LogP contribution is -2.25. The summed E-state index contributed by atoms with van der Waals surface area (Å²) in [6, 6.07) is 8.57. The third kappa shape index (κ3) is 3.35. The van der Waals surface area contributed by atoms with Crippen LogP contribution in [0.4, 0.5) is 0 Å². The van der Waals surface area contributed by atoms with Gasteiger partial charge in [0.1, 0.15) is 0 Å². The lowest BCUT2D eigenvalue weighted by Gasteiger charge is -2.20. The van der Waals surface area contributed by atoms with E-state index in [1.165, 1.54) is 4.88 Å². The summed E-state index contributed by atoms with van der Waals surface area (Å²) in [7, 11) is 0. The van der Waals surface area contributed by atoms with Gasteiger partial charge in [0.05, 0.1) is 5.69 Å². The Morgan fingerprint density at radius 3 is 2.76 bits per heavy atom. The number of hydrogen-bond donors (Lipinski definition) is 1. The molecular weight excluding hydrogens is 230 g/mol. The summed E-state index contributed by atoms with van der Waals surface area (Å²) in [5.41, 5.74) is 0.981. The first-order valence-electron chi connectivity index (χ1n) is 5.80. The van der Waals surface area contributed by atoms with Crippen LogP contribution in [-0.4, -0.2) is 10.2 Å². The Kier molecular flexibility index (Phi) is 4.23. The molecule has 2 aromatic rings. The Bertz CT molecular complexity index is 425. The van der Waals surface area contributed by atoms with Crippen molar-refractivity contribution in [1.29, 1.82) is 0 Å². The largest absolute Gasteiger partial charge is 0.303 e. The van der Waals surface area contributed by atoms with Gasteiger partial charge >= 0.3 is 0 Å². The summed E-state index contributed by atoms with van der Waals surface area (Å²) < 4.78 is 0. The van der Waals surface area contributed by atoms with Crippen molar-refractivity contribution >= 4 is 11.3 Å². The zero-order valence-corrected chi connectivity index (χ0v) is 10.9. The van der Waals surface area contributed by atoms with Crippen molar-refractivity contribution < 1.29 is 0 Å². The van der Waals surface area contributed by atoms with Gasteiger partial charge in [0.15, 0.2) is 0 Å². The standard InChI is InChI=1S/C13H17N3S/c1-10(2)13(12-6-4-8-17-12)14-9-11-5-3-7-15-16-11/h3-8,10,13-14H,9H2,1-2H3. The van der Waals surface area contributed by atoms with Crippen molar-refractivity contribution in [2.24, 2.45) is 5.92 Å². The van der Waals surface area contributed by atoms with Crippen molar-refractivity contribution in [2.75, 3.05) is 0 Å². The maximum absolute atomic E-state index is 4.08. The fraction of sp³-hybridized carbons (Fsp3) is 0.385. The lowest BCUT2D eigenvalue weighted by molar-refractivity contribution is 0.413. The van der Waals surface area contributed by atoms with Gasteiger partial charge in [-0.2, -0.15) is 10.2 Å². The van der Waals surface area contributed by atoms with Crippen LogP contribution < -0.4 is 5.32 Å². The van der Waals surface area contributed by atoms with Gasteiger partial charge in [-0.15, -0.1) is 11.3 Å². The lowest BCUT2D eigenvalue weighted by atomic mass is 10.0. The minimum absolute atomic E-state index is 0.386. The number of nitrogens with zero attached hydrogens (tertiary/aromatic N) is 2. The molecule has 1 unspecified atom stereocenters. The molecule has 0 aliphatic rings. The van der Waals surface area contributed by atoms with Gasteiger partial charge in [-0.25, -0.2) is 0 Å². The number of thiophene rings is 1. The fourth-order valence-electron chi connectivity index (χ4n) is 1.78. The number of nitrogens with one attached hydrogen (secondary N) is 1. The zero-order chi connectivity index (χ0) is 12.1. The third-order valence-corrected chi connectivity index (χ3v) is 3.60. The molecule has 2 heterocycles. The summed E-state index contributed by atoms with van der Waals surface area (Å²) in [6.45, 7) is 5.22. The minimum Gasteiger partial charge on any atom is -0.303 e. The first-order chi connectivity index (χ1) is 8.27. The normalized spacial score (nSPS) is 12.9. The van der Waals surface area contributed by atoms with Crippen LogP contribution in [0.5, 0.6) is 0 Å². The highest BCUT2D eigenvalue weighted by atomic mass is 32.1. The van der Waals surface area contributed by atoms with Crippen LogP contribution in [0.1, 0.15) is 30.5 Å². The van der Waals surface area contributed by atoms with Crippen LogP contribution in [0.3, 0.4) is 0 Å². The average molecular weight is 247 g/mol. The first-order valence-corrected chi connectivity index (χ1v) is 6.68. The van der Waals surface area contributed by atoms with Crippen LogP contribution in [0, 0.1) is 5.92 Å². The molecule has 17 heavy (non-hydrogen) atoms. The molecule has 0 aliphatic carbocycles. The number of hydrogen-bond acceptors (Lipinski definition) is 4. The van der Waals surface area contributed by atoms with E-state index in [1.54, 1.807) is 17.5 Å². The van der Waals surface area contributed by atoms with E-state index < -0.39 is 0 Å². The van der Waals surface area contributed by atoms with Crippen molar-refractivity contribution in [3.63, 3.8) is 0 Å². The second kappa shape index (κ2) is 5.89. The quantitative estimate of drug-likeness (QED) is 0.882. The summed E-state index contributed by atoms with van der Waals surface area (Å²) in [6.07, 6.45) is 1.70. The molecule has 90 valence electrons. The second-order valence-corrected chi connectivity index (χ2v) is 5.31. The second-order valence-electron chi connectivity index (χ2n) is 4.33. The van der Waals surface area contributed by atoms with Gasteiger partial charge in [-0.1, -0.05) is 19.9 Å². The molecule has 0 fully saturated rings. The summed E-state index contributed by atoms with van der Waals surface area (Å²) in [5.74, 6) is 0.560. The van der Waals surface area contributed by atoms with E-state index in [0.29, 0.717) is 12.0 Å². The smallest absolute Gasteiger partial charge is 0.0769 e. The Labute approximate surface area is 106 Å². The third-order valence-electron chi connectivity index (χ3n) is 2.65. The van der Waals surface area contributed by atoms with Gasteiger partial charge in [0.2, 0.25) is 0 Å². The van der Waals surface area contributed by atoms with E-state index in [0.717, 1.165) is 12.2 Å². The van der Waals surface area contributed by atoms with E-state index in [9.17, 15) is 0 Å². The SMILES string of the molecule is CC(C)C(NCc1cccnn1)c1cccs1. The van der Waals surface area contributed by atoms with Crippen molar-refractivity contribution in [3.8, 4) is 0 Å². The Morgan fingerprint density at radius 1 is 1.29 bits per heavy atom. The van der Waals surface area contributed by atoms with Crippen molar-refractivity contribution in [3.05, 3.63) is 46.4 Å². The Hall–Kier alpha value is -1.26. The summed E-state index contributed by atoms with van der Waals surface area (Å²) in [4.78, 5) is 1.38. The minimum atomic E-state index is 0.386. The maximum atomic E-state index is 4.08. The van der Waals surface area contributed by atoms with E-state index in [1.807, 2.05) is 12.1 Å². The van der Waals surface area contributed by atoms with Gasteiger partial charge in [-0.3, -0.25) is 0 Å². The Morgan fingerprint density at radius 2 is 2.18 bits per heavy atom. The molecule has 0 radical (unpaired) electrons. The van der Waals surface area contributed by atoms with Crippen LogP contribution in [0.2, 0.25) is 0 Å². The monoisotopic (exact) mass is 247 g/mol. The maximum Gasteiger partial charge on any atom is 0.0769 e. The molecule has 0 aromatic carbocycles. The van der Waals surface area contributed by atoms with Crippen LogP contribution in [0.15, 0.2) is 35.8 Å². The molecule has 2 rings (SSSR count). The molecule has 2 aromatic heterocycles. The zero-order valence-electron chi connectivity index (χ0n) is 10.1. The average Bonchev–Trinajstić information content (AvgIpc) is 2.84. The molecule has 3 nitrogen and oxygen atoms in total. The highest BCUT2D eigenvalue weighted by Gasteiger charge is 2.16. The molecule has 4 heteroatoms. The Balaban J connectivity index is 2.00. The van der Waals surface area contributed by atoms with E-state index in [-0.39, 0.29) is 0 Å². The molecule has 0 saturated heterocycles.